The van der Waals surface area contributed by atoms with E-state index in [-0.39, 0.29) is 12.5 Å². The fraction of sp³-hybridized carbons (Fsp3) is 0.231. The summed E-state index contributed by atoms with van der Waals surface area (Å²) in [7, 11) is 0. The SMILES string of the molecule is Cc1nn(CC(=O)Nc2ccccc2I)c(C)c1N. The van der Waals surface area contributed by atoms with Gasteiger partial charge in [0, 0.05) is 3.57 Å². The quantitative estimate of drug-likeness (QED) is 0.815. The number of carbonyl (C=O) groups is 1. The van der Waals surface area contributed by atoms with Gasteiger partial charge >= 0.3 is 0 Å². The Hall–Kier alpha value is -1.57. The highest BCUT2D eigenvalue weighted by atomic mass is 127. The molecule has 0 aliphatic heterocycles. The van der Waals surface area contributed by atoms with Gasteiger partial charge in [-0.15, -0.1) is 0 Å². The summed E-state index contributed by atoms with van der Waals surface area (Å²) in [6.45, 7) is 3.85. The topological polar surface area (TPSA) is 72.9 Å². The maximum absolute atomic E-state index is 12.0. The average Bonchev–Trinajstić information content (AvgIpc) is 2.60. The van der Waals surface area contributed by atoms with Gasteiger partial charge in [0.15, 0.2) is 0 Å². The Morgan fingerprint density at radius 1 is 1.42 bits per heavy atom. The van der Waals surface area contributed by atoms with Gasteiger partial charge < -0.3 is 11.1 Å². The van der Waals surface area contributed by atoms with Crippen LogP contribution in [0.4, 0.5) is 11.4 Å². The van der Waals surface area contributed by atoms with E-state index in [1.807, 2.05) is 38.1 Å². The smallest absolute Gasteiger partial charge is 0.246 e. The number of para-hydroxylation sites is 1. The van der Waals surface area contributed by atoms with Crippen LogP contribution >= 0.6 is 22.6 Å². The standard InChI is InChI=1S/C13H15IN4O/c1-8-13(15)9(2)18(17-8)7-12(19)16-11-6-4-3-5-10(11)14/h3-6H,7,15H2,1-2H3,(H,16,19). The summed E-state index contributed by atoms with van der Waals surface area (Å²) in [6.07, 6.45) is 0. The van der Waals surface area contributed by atoms with Gasteiger partial charge in [0.05, 0.1) is 22.8 Å². The zero-order valence-electron chi connectivity index (χ0n) is 10.8. The molecule has 0 aliphatic carbocycles. The van der Waals surface area contributed by atoms with Crippen molar-refractivity contribution in [3.8, 4) is 0 Å². The Labute approximate surface area is 125 Å². The number of nitrogens with two attached hydrogens (primary N) is 1. The lowest BCUT2D eigenvalue weighted by Crippen LogP contribution is -2.20. The first kappa shape index (κ1) is 13.9. The van der Waals surface area contributed by atoms with Crippen LogP contribution in [-0.2, 0) is 11.3 Å². The zero-order chi connectivity index (χ0) is 14.0. The Bertz CT molecular complexity index is 621. The third-order valence-corrected chi connectivity index (χ3v) is 3.82. The maximum Gasteiger partial charge on any atom is 0.246 e. The van der Waals surface area contributed by atoms with Gasteiger partial charge in [0.25, 0.3) is 0 Å². The molecule has 3 N–H and O–H groups in total. The van der Waals surface area contributed by atoms with E-state index in [1.54, 1.807) is 4.68 Å². The predicted molar refractivity (Wildman–Crippen MR) is 83.9 cm³/mol. The number of carbonyl (C=O) groups excluding carboxylic acids is 1. The van der Waals surface area contributed by atoms with Crippen molar-refractivity contribution in [2.45, 2.75) is 20.4 Å². The van der Waals surface area contributed by atoms with Crippen LogP contribution in [0, 0.1) is 17.4 Å². The summed E-state index contributed by atoms with van der Waals surface area (Å²) in [5.74, 6) is -0.116. The van der Waals surface area contributed by atoms with Crippen LogP contribution in [0.25, 0.3) is 0 Å². The van der Waals surface area contributed by atoms with Crippen LogP contribution in [0.15, 0.2) is 24.3 Å². The molecule has 2 aromatic rings. The van der Waals surface area contributed by atoms with Crippen molar-refractivity contribution in [1.82, 2.24) is 9.78 Å². The second-order valence-electron chi connectivity index (χ2n) is 4.27. The largest absolute Gasteiger partial charge is 0.396 e. The van der Waals surface area contributed by atoms with Crippen LogP contribution < -0.4 is 11.1 Å². The number of nitrogens with one attached hydrogen (secondary N) is 1. The molecule has 1 heterocycles. The van der Waals surface area contributed by atoms with Crippen molar-refractivity contribution in [2.24, 2.45) is 0 Å². The molecule has 2 rings (SSSR count). The van der Waals surface area contributed by atoms with Crippen LogP contribution in [0.1, 0.15) is 11.4 Å². The molecule has 5 nitrogen and oxygen atoms in total. The van der Waals surface area contributed by atoms with E-state index in [2.05, 4.69) is 33.0 Å². The Morgan fingerprint density at radius 2 is 2.11 bits per heavy atom. The van der Waals surface area contributed by atoms with Crippen molar-refractivity contribution < 1.29 is 4.79 Å². The van der Waals surface area contributed by atoms with Crippen molar-refractivity contribution in [1.29, 1.82) is 0 Å². The second-order valence-corrected chi connectivity index (χ2v) is 5.43. The average molecular weight is 370 g/mol. The van der Waals surface area contributed by atoms with E-state index in [9.17, 15) is 4.79 Å². The fourth-order valence-corrected chi connectivity index (χ4v) is 2.28. The highest BCUT2D eigenvalue weighted by molar-refractivity contribution is 14.1. The molecule has 1 amide bonds. The van der Waals surface area contributed by atoms with Crippen molar-refractivity contribution in [2.75, 3.05) is 11.1 Å². The molecule has 0 aliphatic rings. The molecule has 0 saturated heterocycles. The van der Waals surface area contributed by atoms with E-state index in [1.165, 1.54) is 0 Å². The fourth-order valence-electron chi connectivity index (χ4n) is 1.75. The molecule has 0 radical (unpaired) electrons. The number of halogens is 1. The monoisotopic (exact) mass is 370 g/mol. The Kier molecular flexibility index (Phi) is 4.08. The maximum atomic E-state index is 12.0. The first-order valence-electron chi connectivity index (χ1n) is 5.83. The number of benzene rings is 1. The van der Waals surface area contributed by atoms with Gasteiger partial charge in [-0.1, -0.05) is 12.1 Å². The first-order chi connectivity index (χ1) is 8.99. The summed E-state index contributed by atoms with van der Waals surface area (Å²) >= 11 is 2.18. The molecule has 19 heavy (non-hydrogen) atoms. The molecule has 100 valence electrons. The Morgan fingerprint density at radius 3 is 2.68 bits per heavy atom. The van der Waals surface area contributed by atoms with Gasteiger partial charge in [0.2, 0.25) is 5.91 Å². The molecular formula is C13H15IN4O. The molecule has 0 atom stereocenters. The lowest BCUT2D eigenvalue weighted by molar-refractivity contribution is -0.116. The summed E-state index contributed by atoms with van der Waals surface area (Å²) in [4.78, 5) is 12.0. The summed E-state index contributed by atoms with van der Waals surface area (Å²) in [6, 6.07) is 7.63. The third kappa shape index (κ3) is 3.06. The van der Waals surface area contributed by atoms with Crippen LogP contribution in [-0.4, -0.2) is 15.7 Å². The van der Waals surface area contributed by atoms with Gasteiger partial charge in [-0.25, -0.2) is 0 Å². The normalized spacial score (nSPS) is 10.5. The lowest BCUT2D eigenvalue weighted by atomic mass is 10.3. The summed E-state index contributed by atoms with van der Waals surface area (Å²) < 4.78 is 2.62. The van der Waals surface area contributed by atoms with E-state index in [0.29, 0.717) is 5.69 Å². The van der Waals surface area contributed by atoms with Gasteiger partial charge in [-0.2, -0.15) is 5.10 Å². The highest BCUT2D eigenvalue weighted by Crippen LogP contribution is 2.18. The second kappa shape index (κ2) is 5.60. The molecule has 0 saturated carbocycles. The number of nitrogen functional groups attached to an aromatic ring is 1. The molecule has 6 heteroatoms. The molecule has 0 unspecified atom stereocenters. The van der Waals surface area contributed by atoms with Crippen LogP contribution in [0.5, 0.6) is 0 Å². The number of amides is 1. The molecule has 0 spiro atoms. The van der Waals surface area contributed by atoms with E-state index in [4.69, 9.17) is 5.73 Å². The number of anilines is 2. The van der Waals surface area contributed by atoms with E-state index < -0.39 is 0 Å². The van der Waals surface area contributed by atoms with E-state index in [0.717, 1.165) is 20.6 Å². The van der Waals surface area contributed by atoms with Crippen molar-refractivity contribution in [3.63, 3.8) is 0 Å². The lowest BCUT2D eigenvalue weighted by Gasteiger charge is -2.08. The highest BCUT2D eigenvalue weighted by Gasteiger charge is 2.12. The minimum atomic E-state index is -0.116. The number of hydrogen-bond acceptors (Lipinski definition) is 3. The minimum absolute atomic E-state index is 0.116. The number of rotatable bonds is 3. The summed E-state index contributed by atoms with van der Waals surface area (Å²) in [5.41, 5.74) is 8.85. The van der Waals surface area contributed by atoms with Gasteiger partial charge in [0.1, 0.15) is 6.54 Å². The summed E-state index contributed by atoms with van der Waals surface area (Å²) in [5, 5.41) is 7.11. The Balaban J connectivity index is 2.10. The third-order valence-electron chi connectivity index (χ3n) is 2.88. The van der Waals surface area contributed by atoms with Crippen molar-refractivity contribution in [3.05, 3.63) is 39.2 Å². The van der Waals surface area contributed by atoms with Gasteiger partial charge in [-0.3, -0.25) is 9.48 Å². The zero-order valence-corrected chi connectivity index (χ0v) is 12.9. The predicted octanol–water partition coefficient (Wildman–Crippen LogP) is 2.33. The molecule has 1 aromatic heterocycles. The number of aryl methyl sites for hydroxylation is 1. The van der Waals surface area contributed by atoms with Crippen molar-refractivity contribution >= 4 is 39.9 Å². The number of aromatic nitrogens is 2. The molecular weight excluding hydrogens is 355 g/mol. The molecule has 0 fully saturated rings. The molecule has 0 bridgehead atoms. The van der Waals surface area contributed by atoms with Crippen LogP contribution in [0.3, 0.4) is 0 Å². The van der Waals surface area contributed by atoms with E-state index >= 15 is 0 Å². The number of nitrogens with zero attached hydrogens (tertiary/aromatic N) is 2. The minimum Gasteiger partial charge on any atom is -0.396 e. The first-order valence-corrected chi connectivity index (χ1v) is 6.90. The van der Waals surface area contributed by atoms with Gasteiger partial charge in [-0.05, 0) is 48.6 Å². The number of hydrogen-bond donors (Lipinski definition) is 2. The molecule has 1 aromatic carbocycles. The van der Waals surface area contributed by atoms with Crippen LogP contribution in [0.2, 0.25) is 0 Å².